The number of hydroxylamine groups is 2. The van der Waals surface area contributed by atoms with Crippen molar-refractivity contribution in [1.82, 2.24) is 14.6 Å². The summed E-state index contributed by atoms with van der Waals surface area (Å²) in [5.41, 5.74) is 5.26. The second-order valence-electron chi connectivity index (χ2n) is 7.44. The van der Waals surface area contributed by atoms with Crippen LogP contribution in [0.1, 0.15) is 42.2 Å². The van der Waals surface area contributed by atoms with Crippen molar-refractivity contribution in [1.29, 1.82) is 0 Å². The summed E-state index contributed by atoms with van der Waals surface area (Å²) in [6, 6.07) is 17.4. The Morgan fingerprint density at radius 2 is 1.61 bits per heavy atom. The molecule has 31 heavy (non-hydrogen) atoms. The molecule has 152 valence electrons. The number of carbonyl (C=O) groups excluding carboxylic acids is 3. The SMILES string of the molecule is Cc1ccc(C)c(-n2cnc3cc(C(=O)ON4C(=O)c5ccccc5C4=O)ccc32)c1. The number of benzene rings is 3. The summed E-state index contributed by atoms with van der Waals surface area (Å²) in [6.45, 7) is 4.05. The van der Waals surface area contributed by atoms with Crippen molar-refractivity contribution in [2.24, 2.45) is 0 Å². The van der Waals surface area contributed by atoms with Gasteiger partial charge in [0.25, 0.3) is 11.8 Å². The fraction of sp³-hybridized carbons (Fsp3) is 0.0833. The highest BCUT2D eigenvalue weighted by atomic mass is 16.7. The van der Waals surface area contributed by atoms with Crippen LogP contribution in [0.3, 0.4) is 0 Å². The first-order chi connectivity index (χ1) is 14.9. The van der Waals surface area contributed by atoms with Crippen molar-refractivity contribution in [2.45, 2.75) is 13.8 Å². The molecule has 0 aliphatic carbocycles. The molecule has 0 saturated heterocycles. The monoisotopic (exact) mass is 411 g/mol. The Bertz CT molecular complexity index is 1370. The maximum absolute atomic E-state index is 12.7. The maximum atomic E-state index is 12.7. The molecule has 0 atom stereocenters. The van der Waals surface area contributed by atoms with E-state index in [1.165, 1.54) is 12.1 Å². The second-order valence-corrected chi connectivity index (χ2v) is 7.44. The van der Waals surface area contributed by atoms with Crippen molar-refractivity contribution in [2.75, 3.05) is 0 Å². The van der Waals surface area contributed by atoms with E-state index < -0.39 is 17.8 Å². The fourth-order valence-electron chi connectivity index (χ4n) is 3.70. The van der Waals surface area contributed by atoms with Crippen molar-refractivity contribution in [3.8, 4) is 5.69 Å². The van der Waals surface area contributed by atoms with Gasteiger partial charge in [0.15, 0.2) is 0 Å². The van der Waals surface area contributed by atoms with E-state index in [0.717, 1.165) is 22.3 Å². The first kappa shape index (κ1) is 18.7. The quantitative estimate of drug-likeness (QED) is 0.476. The molecule has 0 N–H and O–H groups in total. The molecular weight excluding hydrogens is 394 g/mol. The molecule has 0 saturated carbocycles. The first-order valence-electron chi connectivity index (χ1n) is 9.69. The van der Waals surface area contributed by atoms with E-state index in [-0.39, 0.29) is 16.7 Å². The second kappa shape index (κ2) is 6.91. The molecule has 0 spiro atoms. The van der Waals surface area contributed by atoms with Crippen LogP contribution in [0.5, 0.6) is 0 Å². The molecule has 7 heteroatoms. The Hall–Kier alpha value is -4.26. The molecule has 3 aromatic carbocycles. The zero-order chi connectivity index (χ0) is 21.7. The third-order valence-corrected chi connectivity index (χ3v) is 5.34. The Labute approximate surface area is 177 Å². The fourth-order valence-corrected chi connectivity index (χ4v) is 3.70. The van der Waals surface area contributed by atoms with E-state index in [1.807, 2.05) is 30.5 Å². The number of hydrogen-bond donors (Lipinski definition) is 0. The summed E-state index contributed by atoms with van der Waals surface area (Å²) >= 11 is 0. The lowest BCUT2D eigenvalue weighted by Gasteiger charge is -2.13. The lowest BCUT2D eigenvalue weighted by molar-refractivity contribution is -0.0584. The number of nitrogens with zero attached hydrogens (tertiary/aromatic N) is 3. The third-order valence-electron chi connectivity index (χ3n) is 5.34. The van der Waals surface area contributed by atoms with Crippen LogP contribution in [0.25, 0.3) is 16.7 Å². The van der Waals surface area contributed by atoms with Crippen LogP contribution in [0.4, 0.5) is 0 Å². The van der Waals surface area contributed by atoms with Crippen molar-refractivity contribution >= 4 is 28.8 Å². The number of rotatable bonds is 3. The van der Waals surface area contributed by atoms with E-state index in [1.54, 1.807) is 36.7 Å². The van der Waals surface area contributed by atoms with Crippen LogP contribution in [-0.4, -0.2) is 32.4 Å². The number of imidazole rings is 1. The standard InChI is InChI=1S/C24H17N3O4/c1-14-7-8-15(2)21(11-14)26-13-25-19-12-16(9-10-20(19)26)24(30)31-27-22(28)17-5-3-4-6-18(17)23(27)29/h3-13H,1-2H3. The van der Waals surface area contributed by atoms with E-state index in [9.17, 15) is 14.4 Å². The van der Waals surface area contributed by atoms with Gasteiger partial charge >= 0.3 is 5.97 Å². The van der Waals surface area contributed by atoms with Crippen molar-refractivity contribution in [3.63, 3.8) is 0 Å². The van der Waals surface area contributed by atoms with Crippen LogP contribution in [0.15, 0.2) is 67.0 Å². The predicted octanol–water partition coefficient (Wildman–Crippen LogP) is 4.01. The Morgan fingerprint density at radius 3 is 2.32 bits per heavy atom. The normalized spacial score (nSPS) is 13.0. The Balaban J connectivity index is 1.44. The van der Waals surface area contributed by atoms with Gasteiger partial charge in [0, 0.05) is 0 Å². The number of aryl methyl sites for hydroxylation is 2. The van der Waals surface area contributed by atoms with Gasteiger partial charge in [-0.1, -0.05) is 29.3 Å². The molecule has 1 aromatic heterocycles. The average Bonchev–Trinajstić information content (AvgIpc) is 3.30. The maximum Gasteiger partial charge on any atom is 0.364 e. The highest BCUT2D eigenvalue weighted by Gasteiger charge is 2.38. The summed E-state index contributed by atoms with van der Waals surface area (Å²) in [6.07, 6.45) is 1.70. The summed E-state index contributed by atoms with van der Waals surface area (Å²) in [4.78, 5) is 47.0. The molecule has 1 aliphatic rings. The predicted molar refractivity (Wildman–Crippen MR) is 113 cm³/mol. The van der Waals surface area contributed by atoms with Crippen molar-refractivity contribution < 1.29 is 19.2 Å². The minimum atomic E-state index is -0.808. The number of fused-ring (bicyclic) bond motifs is 2. The van der Waals surface area contributed by atoms with Gasteiger partial charge in [0.1, 0.15) is 6.33 Å². The zero-order valence-corrected chi connectivity index (χ0v) is 16.8. The minimum absolute atomic E-state index is 0.190. The number of carbonyl (C=O) groups is 3. The molecule has 0 fully saturated rings. The van der Waals surface area contributed by atoms with Gasteiger partial charge in [-0.3, -0.25) is 14.2 Å². The topological polar surface area (TPSA) is 81.5 Å². The molecule has 2 heterocycles. The van der Waals surface area contributed by atoms with E-state index in [2.05, 4.69) is 11.1 Å². The van der Waals surface area contributed by atoms with Gasteiger partial charge in [-0.05, 0) is 61.4 Å². The molecular formula is C24H17N3O4. The van der Waals surface area contributed by atoms with Crippen molar-refractivity contribution in [3.05, 3.63) is 94.8 Å². The van der Waals surface area contributed by atoms with Crippen LogP contribution < -0.4 is 0 Å². The molecule has 0 unspecified atom stereocenters. The summed E-state index contributed by atoms with van der Waals surface area (Å²) in [7, 11) is 0. The van der Waals surface area contributed by atoms with Crippen LogP contribution in [0, 0.1) is 13.8 Å². The lowest BCUT2D eigenvalue weighted by atomic mass is 10.1. The number of hydrogen-bond acceptors (Lipinski definition) is 5. The molecule has 5 rings (SSSR count). The minimum Gasteiger partial charge on any atom is -0.324 e. The summed E-state index contributed by atoms with van der Waals surface area (Å²) in [5.74, 6) is -2.12. The molecule has 2 amide bonds. The van der Waals surface area contributed by atoms with Gasteiger partial charge in [-0.15, -0.1) is 0 Å². The van der Waals surface area contributed by atoms with Gasteiger partial charge in [0.05, 0.1) is 33.4 Å². The summed E-state index contributed by atoms with van der Waals surface area (Å²) < 4.78 is 1.96. The average molecular weight is 411 g/mol. The van der Waals surface area contributed by atoms with Crippen LogP contribution in [0.2, 0.25) is 0 Å². The van der Waals surface area contributed by atoms with E-state index in [4.69, 9.17) is 4.84 Å². The number of amides is 2. The Morgan fingerprint density at radius 1 is 0.903 bits per heavy atom. The molecule has 7 nitrogen and oxygen atoms in total. The first-order valence-corrected chi connectivity index (χ1v) is 9.69. The lowest BCUT2D eigenvalue weighted by Crippen LogP contribution is -2.32. The summed E-state index contributed by atoms with van der Waals surface area (Å²) in [5, 5.41) is 0.506. The van der Waals surface area contributed by atoms with Crippen LogP contribution in [-0.2, 0) is 4.84 Å². The molecule has 0 radical (unpaired) electrons. The largest absolute Gasteiger partial charge is 0.364 e. The molecule has 4 aromatic rings. The zero-order valence-electron chi connectivity index (χ0n) is 16.8. The highest BCUT2D eigenvalue weighted by Crippen LogP contribution is 2.25. The third kappa shape index (κ3) is 2.98. The van der Waals surface area contributed by atoms with Gasteiger partial charge in [-0.25, -0.2) is 9.78 Å². The Kier molecular flexibility index (Phi) is 4.18. The highest BCUT2D eigenvalue weighted by molar-refractivity contribution is 6.21. The van der Waals surface area contributed by atoms with Crippen LogP contribution >= 0.6 is 0 Å². The van der Waals surface area contributed by atoms with Gasteiger partial charge in [-0.2, -0.15) is 0 Å². The van der Waals surface area contributed by atoms with E-state index in [0.29, 0.717) is 10.6 Å². The number of imide groups is 1. The van der Waals surface area contributed by atoms with Gasteiger partial charge < -0.3 is 4.84 Å². The molecule has 1 aliphatic heterocycles. The van der Waals surface area contributed by atoms with Gasteiger partial charge in [0.2, 0.25) is 0 Å². The smallest absolute Gasteiger partial charge is 0.324 e. The number of aromatic nitrogens is 2. The van der Waals surface area contributed by atoms with E-state index >= 15 is 0 Å². The molecule has 0 bridgehead atoms.